The molecule has 3 rings (SSSR count). The van der Waals surface area contributed by atoms with Crippen LogP contribution in [0.2, 0.25) is 0 Å². The van der Waals surface area contributed by atoms with Crippen molar-refractivity contribution in [2.75, 3.05) is 11.1 Å². The Labute approximate surface area is 161 Å². The van der Waals surface area contributed by atoms with Crippen molar-refractivity contribution in [3.05, 3.63) is 53.2 Å². The van der Waals surface area contributed by atoms with E-state index in [1.165, 1.54) is 28.7 Å². The fraction of sp³-hybridized carbons (Fsp3) is 0.333. The maximum absolute atomic E-state index is 12.1. The predicted octanol–water partition coefficient (Wildman–Crippen LogP) is 3.81. The number of aromatic nitrogens is 4. The molecule has 2 aromatic heterocycles. The lowest BCUT2D eigenvalue weighted by atomic mass is 9.87. The lowest BCUT2D eigenvalue weighted by Crippen LogP contribution is -2.18. The third-order valence-electron chi connectivity index (χ3n) is 3.80. The van der Waals surface area contributed by atoms with Crippen molar-refractivity contribution in [2.24, 2.45) is 0 Å². The van der Waals surface area contributed by atoms with E-state index in [-0.39, 0.29) is 11.3 Å². The van der Waals surface area contributed by atoms with Gasteiger partial charge < -0.3 is 5.32 Å². The van der Waals surface area contributed by atoms with E-state index < -0.39 is 0 Å². The molecule has 0 aliphatic rings. The van der Waals surface area contributed by atoms with Gasteiger partial charge in [0.1, 0.15) is 11.3 Å². The molecule has 0 saturated carbocycles. The summed E-state index contributed by atoms with van der Waals surface area (Å²) in [5.74, 6) is 0.892. The Bertz CT molecular complexity index is 851. The van der Waals surface area contributed by atoms with Crippen LogP contribution in [-0.4, -0.2) is 31.6 Å². The van der Waals surface area contributed by atoms with Crippen molar-refractivity contribution < 1.29 is 4.79 Å². The van der Waals surface area contributed by atoms with Crippen molar-refractivity contribution in [2.45, 2.75) is 37.1 Å². The van der Waals surface area contributed by atoms with Gasteiger partial charge in [-0.05, 0) is 16.5 Å². The van der Waals surface area contributed by atoms with Gasteiger partial charge in [-0.2, -0.15) is 5.10 Å². The quantitative estimate of drug-likeness (QED) is 0.651. The van der Waals surface area contributed by atoms with Gasteiger partial charge in [-0.1, -0.05) is 68.1 Å². The molecule has 136 valence electrons. The topological polar surface area (TPSA) is 72.7 Å². The second-order valence-corrected chi connectivity index (χ2v) is 8.92. The minimum absolute atomic E-state index is 0.0879. The Kier molecular flexibility index (Phi) is 5.73. The average Bonchev–Trinajstić information content (AvgIpc) is 3.25. The van der Waals surface area contributed by atoms with Crippen LogP contribution in [0.1, 0.15) is 31.9 Å². The zero-order chi connectivity index (χ0) is 18.6. The number of thioether (sulfide) groups is 1. The molecule has 3 aromatic rings. The Hall–Kier alpha value is -2.19. The van der Waals surface area contributed by atoms with Crippen molar-refractivity contribution in [1.29, 1.82) is 0 Å². The second kappa shape index (κ2) is 8.01. The first-order valence-corrected chi connectivity index (χ1v) is 10.1. The molecule has 0 aliphatic carbocycles. The maximum atomic E-state index is 12.1. The highest BCUT2D eigenvalue weighted by atomic mass is 32.2. The normalized spacial score (nSPS) is 11.5. The number of nitrogens with one attached hydrogen (secondary N) is 1. The molecule has 0 atom stereocenters. The number of anilines is 1. The van der Waals surface area contributed by atoms with Gasteiger partial charge in [0.25, 0.3) is 0 Å². The molecule has 8 heteroatoms. The minimum atomic E-state index is -0.0879. The fourth-order valence-corrected chi connectivity index (χ4v) is 3.67. The summed E-state index contributed by atoms with van der Waals surface area (Å²) in [4.78, 5) is 12.1. The summed E-state index contributed by atoms with van der Waals surface area (Å²) in [6.45, 7) is 7.20. The van der Waals surface area contributed by atoms with E-state index >= 15 is 0 Å². The third-order valence-corrected chi connectivity index (χ3v) is 5.66. The van der Waals surface area contributed by atoms with Gasteiger partial charge in [0.15, 0.2) is 4.34 Å². The predicted molar refractivity (Wildman–Crippen MR) is 106 cm³/mol. The molecule has 0 aliphatic heterocycles. The summed E-state index contributed by atoms with van der Waals surface area (Å²) in [5.41, 5.74) is 4.22. The Morgan fingerprint density at radius 3 is 2.65 bits per heavy atom. The summed E-state index contributed by atoms with van der Waals surface area (Å²) >= 11 is 2.80. The molecule has 1 amide bonds. The zero-order valence-corrected chi connectivity index (χ0v) is 16.6. The van der Waals surface area contributed by atoms with Gasteiger partial charge in [0.05, 0.1) is 18.5 Å². The Morgan fingerprint density at radius 2 is 2.00 bits per heavy atom. The van der Waals surface area contributed by atoms with E-state index in [0.717, 1.165) is 9.90 Å². The third kappa shape index (κ3) is 4.92. The van der Waals surface area contributed by atoms with Crippen molar-refractivity contribution >= 4 is 34.8 Å². The van der Waals surface area contributed by atoms with Crippen LogP contribution in [0.4, 0.5) is 5.82 Å². The fourth-order valence-electron chi connectivity index (χ4n) is 2.38. The maximum Gasteiger partial charge on any atom is 0.235 e. The standard InChI is InChI=1S/C18H21N5OS2/c1-18(2,3)14-6-4-13(5-7-14)10-23-15(8-9-20-23)21-16(24)11-25-17-22-19-12-26-17/h4-9,12H,10-11H2,1-3H3,(H,21,24). The van der Waals surface area contributed by atoms with Gasteiger partial charge in [0, 0.05) is 6.07 Å². The van der Waals surface area contributed by atoms with Crippen molar-refractivity contribution in [3.63, 3.8) is 0 Å². The highest BCUT2D eigenvalue weighted by Gasteiger charge is 2.13. The van der Waals surface area contributed by atoms with Gasteiger partial charge >= 0.3 is 0 Å². The monoisotopic (exact) mass is 387 g/mol. The van der Waals surface area contributed by atoms with Crippen LogP contribution in [0.5, 0.6) is 0 Å². The van der Waals surface area contributed by atoms with E-state index in [0.29, 0.717) is 18.1 Å². The lowest BCUT2D eigenvalue weighted by molar-refractivity contribution is -0.113. The first kappa shape index (κ1) is 18.6. The van der Waals surface area contributed by atoms with Crippen molar-refractivity contribution in [1.82, 2.24) is 20.0 Å². The van der Waals surface area contributed by atoms with Crippen LogP contribution in [0.25, 0.3) is 0 Å². The largest absolute Gasteiger partial charge is 0.310 e. The Morgan fingerprint density at radius 1 is 1.23 bits per heavy atom. The highest BCUT2D eigenvalue weighted by molar-refractivity contribution is 8.01. The SMILES string of the molecule is CC(C)(C)c1ccc(Cn2nccc2NC(=O)CSc2nncs2)cc1. The number of carbonyl (C=O) groups excluding carboxylic acids is 1. The first-order chi connectivity index (χ1) is 12.4. The number of rotatable bonds is 6. The molecule has 0 radical (unpaired) electrons. The molecule has 2 heterocycles. The molecule has 1 N–H and O–H groups in total. The zero-order valence-electron chi connectivity index (χ0n) is 15.0. The summed E-state index contributed by atoms with van der Waals surface area (Å²) in [6, 6.07) is 10.3. The molecule has 0 spiro atoms. The van der Waals surface area contributed by atoms with E-state index in [2.05, 4.69) is 65.6 Å². The van der Waals surface area contributed by atoms with Crippen LogP contribution < -0.4 is 5.32 Å². The number of hydrogen-bond acceptors (Lipinski definition) is 6. The van der Waals surface area contributed by atoms with Gasteiger partial charge in [-0.3, -0.25) is 4.79 Å². The van der Waals surface area contributed by atoms with Gasteiger partial charge in [-0.15, -0.1) is 10.2 Å². The summed E-state index contributed by atoms with van der Waals surface area (Å²) in [5, 5.41) is 14.9. The van der Waals surface area contributed by atoms with E-state index in [1.54, 1.807) is 22.5 Å². The second-order valence-electron chi connectivity index (χ2n) is 6.86. The molecule has 0 saturated heterocycles. The number of hydrogen-bond donors (Lipinski definition) is 1. The smallest absolute Gasteiger partial charge is 0.235 e. The summed E-state index contributed by atoms with van der Waals surface area (Å²) in [6.07, 6.45) is 1.69. The van der Waals surface area contributed by atoms with Gasteiger partial charge in [0.2, 0.25) is 5.91 Å². The minimum Gasteiger partial charge on any atom is -0.310 e. The lowest BCUT2D eigenvalue weighted by Gasteiger charge is -2.19. The van der Waals surface area contributed by atoms with Crippen molar-refractivity contribution in [3.8, 4) is 0 Å². The summed E-state index contributed by atoms with van der Waals surface area (Å²) < 4.78 is 2.58. The van der Waals surface area contributed by atoms with Crippen LogP contribution >= 0.6 is 23.1 Å². The molecular weight excluding hydrogens is 366 g/mol. The molecule has 0 bridgehead atoms. The molecule has 0 fully saturated rings. The van der Waals surface area contributed by atoms with Gasteiger partial charge in [-0.25, -0.2) is 4.68 Å². The van der Waals surface area contributed by atoms with E-state index in [4.69, 9.17) is 0 Å². The van der Waals surface area contributed by atoms with Crippen LogP contribution in [0, 0.1) is 0 Å². The molecular formula is C18H21N5OS2. The number of carbonyl (C=O) groups is 1. The van der Waals surface area contributed by atoms with Crippen LogP contribution in [-0.2, 0) is 16.8 Å². The van der Waals surface area contributed by atoms with E-state index in [9.17, 15) is 4.79 Å². The number of nitrogens with zero attached hydrogens (tertiary/aromatic N) is 4. The Balaban J connectivity index is 1.60. The number of benzene rings is 1. The molecule has 0 unspecified atom stereocenters. The van der Waals surface area contributed by atoms with Crippen LogP contribution in [0.15, 0.2) is 46.4 Å². The first-order valence-electron chi connectivity index (χ1n) is 8.22. The summed E-state index contributed by atoms with van der Waals surface area (Å²) in [7, 11) is 0. The molecule has 26 heavy (non-hydrogen) atoms. The number of amides is 1. The average molecular weight is 388 g/mol. The molecule has 6 nitrogen and oxygen atoms in total. The molecule has 1 aromatic carbocycles. The van der Waals surface area contributed by atoms with Crippen LogP contribution in [0.3, 0.4) is 0 Å². The highest BCUT2D eigenvalue weighted by Crippen LogP contribution is 2.23. The van der Waals surface area contributed by atoms with E-state index in [1.807, 2.05) is 0 Å².